The molecule has 0 aromatic carbocycles. The van der Waals surface area contributed by atoms with E-state index in [2.05, 4.69) is 4.98 Å². The third kappa shape index (κ3) is 4.99. The maximum absolute atomic E-state index is 10.9. The van der Waals surface area contributed by atoms with Gasteiger partial charge in [-0.3, -0.25) is 0 Å². The third-order valence-electron chi connectivity index (χ3n) is 1.44. The van der Waals surface area contributed by atoms with Crippen LogP contribution in [0.25, 0.3) is 0 Å². The molecule has 1 rings (SSSR count). The average molecular weight is 243 g/mol. The lowest BCUT2D eigenvalue weighted by atomic mass is 10.5. The molecule has 0 saturated carbocycles. The Morgan fingerprint density at radius 2 is 2.53 bits per heavy atom. The van der Waals surface area contributed by atoms with E-state index in [0.29, 0.717) is 6.61 Å². The van der Waals surface area contributed by atoms with Crippen molar-refractivity contribution in [1.82, 2.24) is 4.98 Å². The number of aromatic nitrogens is 1. The predicted molar refractivity (Wildman–Crippen MR) is 63.3 cm³/mol. The molecule has 0 saturated heterocycles. The minimum Gasteiger partial charge on any atom is -0.463 e. The van der Waals surface area contributed by atoms with E-state index in [-0.39, 0.29) is 5.97 Å². The zero-order chi connectivity index (χ0) is 11.1. The third-order valence-corrected chi connectivity index (χ3v) is 3.53. The van der Waals surface area contributed by atoms with Crippen LogP contribution >= 0.6 is 23.1 Å². The molecule has 0 radical (unpaired) electrons. The van der Waals surface area contributed by atoms with E-state index >= 15 is 0 Å². The number of aryl methyl sites for hydroxylation is 1. The van der Waals surface area contributed by atoms with Gasteiger partial charge in [-0.05, 0) is 13.8 Å². The molecule has 1 aromatic heterocycles. The molecule has 0 atom stereocenters. The van der Waals surface area contributed by atoms with Crippen LogP contribution in [-0.2, 0) is 9.53 Å². The van der Waals surface area contributed by atoms with Gasteiger partial charge in [-0.15, -0.1) is 11.3 Å². The monoisotopic (exact) mass is 243 g/mol. The summed E-state index contributed by atoms with van der Waals surface area (Å²) in [5, 5.41) is 2.01. The Morgan fingerprint density at radius 3 is 3.13 bits per heavy atom. The zero-order valence-electron chi connectivity index (χ0n) is 8.73. The number of ether oxygens (including phenoxy) is 1. The lowest BCUT2D eigenvalue weighted by Crippen LogP contribution is -1.98. The highest BCUT2D eigenvalue weighted by atomic mass is 32.2. The minimum absolute atomic E-state index is 0.284. The number of carbonyl (C=O) groups is 1. The van der Waals surface area contributed by atoms with Crippen molar-refractivity contribution >= 4 is 29.1 Å². The molecule has 0 amide bonds. The molecule has 15 heavy (non-hydrogen) atoms. The molecule has 0 unspecified atom stereocenters. The van der Waals surface area contributed by atoms with Crippen LogP contribution in [0.5, 0.6) is 0 Å². The molecular formula is C10H13NO2S2. The molecule has 0 spiro atoms. The van der Waals surface area contributed by atoms with Gasteiger partial charge in [-0.2, -0.15) is 0 Å². The van der Waals surface area contributed by atoms with Gasteiger partial charge in [0.25, 0.3) is 0 Å². The fraction of sp³-hybridized carbons (Fsp3) is 0.400. The highest BCUT2D eigenvalue weighted by Gasteiger charge is 1.97. The van der Waals surface area contributed by atoms with E-state index in [1.54, 1.807) is 36.1 Å². The Kier molecular flexibility index (Phi) is 5.42. The zero-order valence-corrected chi connectivity index (χ0v) is 10.4. The van der Waals surface area contributed by atoms with Crippen molar-refractivity contribution in [2.75, 3.05) is 12.4 Å². The fourth-order valence-corrected chi connectivity index (χ4v) is 2.54. The summed E-state index contributed by atoms with van der Waals surface area (Å²) in [6.45, 7) is 4.18. The van der Waals surface area contributed by atoms with E-state index in [9.17, 15) is 4.79 Å². The van der Waals surface area contributed by atoms with Crippen molar-refractivity contribution in [3.63, 3.8) is 0 Å². The fourth-order valence-electron chi connectivity index (χ4n) is 0.853. The van der Waals surface area contributed by atoms with Gasteiger partial charge in [0, 0.05) is 22.9 Å². The second kappa shape index (κ2) is 6.63. The number of nitrogens with zero attached hydrogens (tertiary/aromatic N) is 1. The van der Waals surface area contributed by atoms with Gasteiger partial charge in [0.2, 0.25) is 0 Å². The number of thiazole rings is 1. The van der Waals surface area contributed by atoms with Crippen molar-refractivity contribution in [3.8, 4) is 0 Å². The van der Waals surface area contributed by atoms with E-state index in [4.69, 9.17) is 4.74 Å². The van der Waals surface area contributed by atoms with Gasteiger partial charge in [-0.1, -0.05) is 17.8 Å². The topological polar surface area (TPSA) is 39.2 Å². The summed E-state index contributed by atoms with van der Waals surface area (Å²) in [6, 6.07) is 0. The van der Waals surface area contributed by atoms with Crippen molar-refractivity contribution in [2.45, 2.75) is 18.2 Å². The first-order valence-electron chi connectivity index (χ1n) is 4.60. The number of rotatable bonds is 5. The standard InChI is InChI=1S/C10H13NO2S2/c1-3-13-9(12)5-4-6-14-10-11-8(2)7-15-10/h4-5,7H,3,6H2,1-2H3/b5-4+. The van der Waals surface area contributed by atoms with Gasteiger partial charge in [-0.25, -0.2) is 9.78 Å². The molecule has 1 aromatic rings. The van der Waals surface area contributed by atoms with Crippen LogP contribution < -0.4 is 0 Å². The van der Waals surface area contributed by atoms with E-state index in [1.807, 2.05) is 12.3 Å². The van der Waals surface area contributed by atoms with Gasteiger partial charge >= 0.3 is 5.97 Å². The largest absolute Gasteiger partial charge is 0.463 e. The van der Waals surface area contributed by atoms with Gasteiger partial charge in [0.15, 0.2) is 0 Å². The van der Waals surface area contributed by atoms with Crippen LogP contribution in [0, 0.1) is 6.92 Å². The summed E-state index contributed by atoms with van der Waals surface area (Å²) in [5.74, 6) is 0.458. The van der Waals surface area contributed by atoms with Crippen molar-refractivity contribution < 1.29 is 9.53 Å². The average Bonchev–Trinajstić information content (AvgIpc) is 2.60. The molecule has 1 heterocycles. The summed E-state index contributed by atoms with van der Waals surface area (Å²) in [5.41, 5.74) is 1.04. The Labute approximate surface area is 97.6 Å². The van der Waals surface area contributed by atoms with Gasteiger partial charge in [0.1, 0.15) is 4.34 Å². The van der Waals surface area contributed by atoms with Crippen molar-refractivity contribution in [2.24, 2.45) is 0 Å². The maximum Gasteiger partial charge on any atom is 0.330 e. The van der Waals surface area contributed by atoms with Gasteiger partial charge < -0.3 is 4.74 Å². The van der Waals surface area contributed by atoms with Crippen LogP contribution in [-0.4, -0.2) is 23.3 Å². The molecule has 0 aliphatic carbocycles. The van der Waals surface area contributed by atoms with Crippen LogP contribution in [0.2, 0.25) is 0 Å². The molecule has 0 fully saturated rings. The van der Waals surface area contributed by atoms with Crippen LogP contribution in [0.3, 0.4) is 0 Å². The second-order valence-electron chi connectivity index (χ2n) is 2.72. The first-order valence-corrected chi connectivity index (χ1v) is 6.47. The van der Waals surface area contributed by atoms with E-state index < -0.39 is 0 Å². The highest BCUT2D eigenvalue weighted by Crippen LogP contribution is 2.21. The summed E-state index contributed by atoms with van der Waals surface area (Å²) in [4.78, 5) is 15.2. The number of hydrogen-bond donors (Lipinski definition) is 0. The Bertz CT molecular complexity index is 347. The summed E-state index contributed by atoms with van der Waals surface area (Å²) in [6.07, 6.45) is 3.25. The quantitative estimate of drug-likeness (QED) is 0.453. The smallest absolute Gasteiger partial charge is 0.330 e. The SMILES string of the molecule is CCOC(=O)/C=C/CSc1nc(C)cs1. The van der Waals surface area contributed by atoms with E-state index in [0.717, 1.165) is 15.8 Å². The molecule has 0 aliphatic rings. The maximum atomic E-state index is 10.9. The lowest BCUT2D eigenvalue weighted by Gasteiger charge is -1.94. The summed E-state index contributed by atoms with van der Waals surface area (Å²) < 4.78 is 5.78. The lowest BCUT2D eigenvalue weighted by molar-refractivity contribution is -0.137. The Balaban J connectivity index is 2.24. The molecular weight excluding hydrogens is 230 g/mol. The normalized spacial score (nSPS) is 10.8. The van der Waals surface area contributed by atoms with Crippen molar-refractivity contribution in [3.05, 3.63) is 23.2 Å². The predicted octanol–water partition coefficient (Wildman–Crippen LogP) is 2.66. The Hall–Kier alpha value is -0.810. The first kappa shape index (κ1) is 12.3. The van der Waals surface area contributed by atoms with Crippen LogP contribution in [0.15, 0.2) is 21.9 Å². The number of thioether (sulfide) groups is 1. The summed E-state index contributed by atoms with van der Waals surface area (Å²) >= 11 is 3.23. The highest BCUT2D eigenvalue weighted by molar-refractivity contribution is 8.01. The van der Waals surface area contributed by atoms with Crippen LogP contribution in [0.1, 0.15) is 12.6 Å². The minimum atomic E-state index is -0.284. The molecule has 0 aliphatic heterocycles. The second-order valence-corrected chi connectivity index (χ2v) is 4.85. The van der Waals surface area contributed by atoms with Gasteiger partial charge in [0.05, 0.1) is 6.61 Å². The number of carbonyl (C=O) groups excluding carboxylic acids is 1. The first-order chi connectivity index (χ1) is 7.22. The van der Waals surface area contributed by atoms with Crippen LogP contribution in [0.4, 0.5) is 0 Å². The molecule has 0 bridgehead atoms. The van der Waals surface area contributed by atoms with Crippen molar-refractivity contribution in [1.29, 1.82) is 0 Å². The number of esters is 1. The number of hydrogen-bond acceptors (Lipinski definition) is 5. The molecule has 5 heteroatoms. The van der Waals surface area contributed by atoms with E-state index in [1.165, 1.54) is 6.08 Å². The molecule has 82 valence electrons. The molecule has 3 nitrogen and oxygen atoms in total. The Morgan fingerprint density at radius 1 is 1.73 bits per heavy atom. The molecule has 0 N–H and O–H groups in total. The summed E-state index contributed by atoms with van der Waals surface area (Å²) in [7, 11) is 0.